The van der Waals surface area contributed by atoms with E-state index in [1.807, 2.05) is 6.92 Å². The first-order chi connectivity index (χ1) is 5.20. The molecule has 0 spiro atoms. The monoisotopic (exact) mass is 152 g/mol. The van der Waals surface area contributed by atoms with Crippen LogP contribution >= 0.6 is 0 Å². The standard InChI is InChI=1S/C10H16O/c1-4-6-7-9(3)8-10(11)5-2/h5,8H,2,4,6-7H2,1,3H3/b9-8+. The molecule has 62 valence electrons. The molecule has 0 amide bonds. The van der Waals surface area contributed by atoms with Crippen molar-refractivity contribution >= 4 is 5.78 Å². The summed E-state index contributed by atoms with van der Waals surface area (Å²) in [5, 5.41) is 0. The topological polar surface area (TPSA) is 17.1 Å². The van der Waals surface area contributed by atoms with E-state index in [1.54, 1.807) is 6.08 Å². The van der Waals surface area contributed by atoms with E-state index in [1.165, 1.54) is 12.5 Å². The normalized spacial score (nSPS) is 11.3. The average Bonchev–Trinajstić information content (AvgIpc) is 2.00. The largest absolute Gasteiger partial charge is 0.290 e. The van der Waals surface area contributed by atoms with Crippen molar-refractivity contribution in [2.24, 2.45) is 0 Å². The zero-order valence-electron chi connectivity index (χ0n) is 7.39. The lowest BCUT2D eigenvalue weighted by molar-refractivity contribution is -0.110. The van der Waals surface area contributed by atoms with Crippen LogP contribution in [0, 0.1) is 0 Å². The Labute approximate surface area is 68.8 Å². The Balaban J connectivity index is 3.79. The molecule has 0 saturated carbocycles. The number of hydrogen-bond acceptors (Lipinski definition) is 1. The Morgan fingerprint density at radius 1 is 1.55 bits per heavy atom. The van der Waals surface area contributed by atoms with Crippen LogP contribution in [0.1, 0.15) is 33.1 Å². The number of rotatable bonds is 5. The first kappa shape index (κ1) is 10.2. The summed E-state index contributed by atoms with van der Waals surface area (Å²) in [5.74, 6) is 0.0126. The summed E-state index contributed by atoms with van der Waals surface area (Å²) in [6.07, 6.45) is 6.36. The average molecular weight is 152 g/mol. The highest BCUT2D eigenvalue weighted by Crippen LogP contribution is 2.05. The molecule has 0 saturated heterocycles. The Morgan fingerprint density at radius 3 is 2.64 bits per heavy atom. The Bertz CT molecular complexity index is 166. The fourth-order valence-corrected chi connectivity index (χ4v) is 0.830. The molecule has 0 fully saturated rings. The van der Waals surface area contributed by atoms with Gasteiger partial charge in [-0.1, -0.05) is 25.5 Å². The van der Waals surface area contributed by atoms with Crippen LogP contribution in [0.2, 0.25) is 0 Å². The Morgan fingerprint density at radius 2 is 2.18 bits per heavy atom. The van der Waals surface area contributed by atoms with Gasteiger partial charge in [-0.2, -0.15) is 0 Å². The molecule has 0 aliphatic heterocycles. The number of carbonyl (C=O) groups excluding carboxylic acids is 1. The highest BCUT2D eigenvalue weighted by atomic mass is 16.1. The molecule has 0 aromatic carbocycles. The van der Waals surface area contributed by atoms with Crippen LogP contribution in [0.5, 0.6) is 0 Å². The molecule has 0 aromatic heterocycles. The maximum Gasteiger partial charge on any atom is 0.177 e. The van der Waals surface area contributed by atoms with Crippen LogP contribution in [0.25, 0.3) is 0 Å². The van der Waals surface area contributed by atoms with E-state index >= 15 is 0 Å². The van der Waals surface area contributed by atoms with Crippen LogP contribution in [0.4, 0.5) is 0 Å². The van der Waals surface area contributed by atoms with Crippen molar-refractivity contribution in [1.82, 2.24) is 0 Å². The maximum absolute atomic E-state index is 10.8. The minimum atomic E-state index is 0.0126. The van der Waals surface area contributed by atoms with Gasteiger partial charge in [0.1, 0.15) is 0 Å². The smallest absolute Gasteiger partial charge is 0.177 e. The lowest BCUT2D eigenvalue weighted by Gasteiger charge is -1.96. The van der Waals surface area contributed by atoms with Crippen molar-refractivity contribution in [3.63, 3.8) is 0 Å². The highest BCUT2D eigenvalue weighted by Gasteiger charge is 1.92. The van der Waals surface area contributed by atoms with Crippen molar-refractivity contribution in [3.05, 3.63) is 24.3 Å². The molecule has 1 nitrogen and oxygen atoms in total. The van der Waals surface area contributed by atoms with Gasteiger partial charge in [-0.15, -0.1) is 0 Å². The minimum absolute atomic E-state index is 0.0126. The van der Waals surface area contributed by atoms with E-state index < -0.39 is 0 Å². The molecule has 0 N–H and O–H groups in total. The van der Waals surface area contributed by atoms with Gasteiger partial charge in [0.05, 0.1) is 0 Å². The van der Waals surface area contributed by atoms with Crippen LogP contribution in [-0.2, 0) is 4.79 Å². The zero-order chi connectivity index (χ0) is 8.69. The second-order valence-corrected chi connectivity index (χ2v) is 2.70. The first-order valence-corrected chi connectivity index (χ1v) is 4.04. The van der Waals surface area contributed by atoms with Gasteiger partial charge in [0.25, 0.3) is 0 Å². The summed E-state index contributed by atoms with van der Waals surface area (Å²) in [7, 11) is 0. The third-order valence-electron chi connectivity index (χ3n) is 1.51. The highest BCUT2D eigenvalue weighted by molar-refractivity contribution is 5.99. The van der Waals surface area contributed by atoms with Crippen LogP contribution < -0.4 is 0 Å². The molecule has 0 rings (SSSR count). The van der Waals surface area contributed by atoms with Crippen molar-refractivity contribution < 1.29 is 4.79 Å². The number of ketones is 1. The second-order valence-electron chi connectivity index (χ2n) is 2.70. The van der Waals surface area contributed by atoms with E-state index in [9.17, 15) is 4.79 Å². The summed E-state index contributed by atoms with van der Waals surface area (Å²) in [6.45, 7) is 7.52. The summed E-state index contributed by atoms with van der Waals surface area (Å²) >= 11 is 0. The summed E-state index contributed by atoms with van der Waals surface area (Å²) < 4.78 is 0. The Hall–Kier alpha value is -0.850. The molecule has 0 atom stereocenters. The Kier molecular flexibility index (Phi) is 5.44. The number of hydrogen-bond donors (Lipinski definition) is 0. The van der Waals surface area contributed by atoms with Gasteiger partial charge >= 0.3 is 0 Å². The van der Waals surface area contributed by atoms with Crippen LogP contribution in [0.3, 0.4) is 0 Å². The third kappa shape index (κ3) is 5.59. The lowest BCUT2D eigenvalue weighted by Crippen LogP contribution is -1.87. The van der Waals surface area contributed by atoms with E-state index in [0.717, 1.165) is 18.4 Å². The van der Waals surface area contributed by atoms with Crippen molar-refractivity contribution in [2.75, 3.05) is 0 Å². The van der Waals surface area contributed by atoms with Crippen molar-refractivity contribution in [2.45, 2.75) is 33.1 Å². The minimum Gasteiger partial charge on any atom is -0.290 e. The van der Waals surface area contributed by atoms with Gasteiger partial charge < -0.3 is 0 Å². The van der Waals surface area contributed by atoms with Crippen LogP contribution in [0.15, 0.2) is 24.3 Å². The van der Waals surface area contributed by atoms with E-state index in [-0.39, 0.29) is 5.78 Å². The summed E-state index contributed by atoms with van der Waals surface area (Å²) in [5.41, 5.74) is 1.15. The number of carbonyl (C=O) groups is 1. The van der Waals surface area contributed by atoms with E-state index in [4.69, 9.17) is 0 Å². The van der Waals surface area contributed by atoms with Crippen LogP contribution in [-0.4, -0.2) is 5.78 Å². The number of allylic oxidation sites excluding steroid dienone is 3. The van der Waals surface area contributed by atoms with E-state index in [0.29, 0.717) is 0 Å². The van der Waals surface area contributed by atoms with Crippen molar-refractivity contribution in [1.29, 1.82) is 0 Å². The van der Waals surface area contributed by atoms with Gasteiger partial charge in [0.2, 0.25) is 0 Å². The third-order valence-corrected chi connectivity index (χ3v) is 1.51. The molecule has 11 heavy (non-hydrogen) atoms. The molecule has 0 unspecified atom stereocenters. The lowest BCUT2D eigenvalue weighted by atomic mass is 10.1. The van der Waals surface area contributed by atoms with Gasteiger partial charge in [-0.25, -0.2) is 0 Å². The second kappa shape index (κ2) is 5.90. The molecule has 0 aliphatic carbocycles. The molecular weight excluding hydrogens is 136 g/mol. The quantitative estimate of drug-likeness (QED) is 0.553. The molecular formula is C10H16O. The van der Waals surface area contributed by atoms with Gasteiger partial charge in [0.15, 0.2) is 5.78 Å². The van der Waals surface area contributed by atoms with Gasteiger partial charge in [-0.05, 0) is 31.9 Å². The molecule has 0 bridgehead atoms. The fourth-order valence-electron chi connectivity index (χ4n) is 0.830. The molecule has 1 heteroatoms. The molecule has 0 aliphatic rings. The maximum atomic E-state index is 10.8. The van der Waals surface area contributed by atoms with E-state index in [2.05, 4.69) is 13.5 Å². The SMILES string of the molecule is C=CC(=O)/C=C(\C)CCCC. The summed E-state index contributed by atoms with van der Waals surface area (Å²) in [4.78, 5) is 10.8. The zero-order valence-corrected chi connectivity index (χ0v) is 7.39. The molecule has 0 radical (unpaired) electrons. The number of unbranched alkanes of at least 4 members (excludes halogenated alkanes) is 1. The fraction of sp³-hybridized carbons (Fsp3) is 0.500. The molecule has 0 heterocycles. The predicted molar refractivity (Wildman–Crippen MR) is 48.5 cm³/mol. The summed E-state index contributed by atoms with van der Waals surface area (Å²) in [6, 6.07) is 0. The molecule has 0 aromatic rings. The predicted octanol–water partition coefficient (Wildman–Crippen LogP) is 2.88. The van der Waals surface area contributed by atoms with Crippen molar-refractivity contribution in [3.8, 4) is 0 Å². The van der Waals surface area contributed by atoms with Gasteiger partial charge in [-0.3, -0.25) is 4.79 Å². The first-order valence-electron chi connectivity index (χ1n) is 4.04. The van der Waals surface area contributed by atoms with Gasteiger partial charge in [0, 0.05) is 0 Å².